The first-order valence-corrected chi connectivity index (χ1v) is 7.06. The lowest BCUT2D eigenvalue weighted by Gasteiger charge is -2.11. The Kier molecular flexibility index (Phi) is 4.74. The van der Waals surface area contributed by atoms with Crippen LogP contribution >= 0.6 is 0 Å². The van der Waals surface area contributed by atoms with Crippen LogP contribution in [0.15, 0.2) is 36.7 Å². The van der Waals surface area contributed by atoms with Gasteiger partial charge >= 0.3 is 0 Å². The summed E-state index contributed by atoms with van der Waals surface area (Å²) in [6, 6.07) is 8.99. The van der Waals surface area contributed by atoms with E-state index in [1.165, 1.54) is 11.1 Å². The van der Waals surface area contributed by atoms with E-state index in [0.29, 0.717) is 0 Å². The third-order valence-corrected chi connectivity index (χ3v) is 3.55. The number of hydrogen-bond donors (Lipinski definition) is 1. The highest BCUT2D eigenvalue weighted by molar-refractivity contribution is 5.23. The molecule has 0 amide bonds. The van der Waals surface area contributed by atoms with Gasteiger partial charge in [-0.3, -0.25) is 0 Å². The zero-order valence-electron chi connectivity index (χ0n) is 11.8. The van der Waals surface area contributed by atoms with E-state index in [0.717, 1.165) is 31.6 Å². The maximum Gasteiger partial charge on any atom is 0.110 e. The van der Waals surface area contributed by atoms with Gasteiger partial charge in [-0.25, -0.2) is 4.98 Å². The Labute approximate surface area is 115 Å². The molecule has 2 aromatic rings. The maximum absolute atomic E-state index is 6.01. The van der Waals surface area contributed by atoms with Gasteiger partial charge in [-0.1, -0.05) is 38.1 Å². The Bertz CT molecular complexity index is 499. The van der Waals surface area contributed by atoms with Crippen molar-refractivity contribution in [3.05, 3.63) is 53.6 Å². The van der Waals surface area contributed by atoms with Crippen LogP contribution in [-0.2, 0) is 19.4 Å². The number of rotatable bonds is 6. The van der Waals surface area contributed by atoms with Crippen molar-refractivity contribution >= 4 is 0 Å². The summed E-state index contributed by atoms with van der Waals surface area (Å²) in [7, 11) is 0. The minimum atomic E-state index is 0.198. The van der Waals surface area contributed by atoms with Gasteiger partial charge in [0.1, 0.15) is 5.82 Å². The van der Waals surface area contributed by atoms with E-state index in [2.05, 4.69) is 47.7 Å². The first kappa shape index (κ1) is 13.8. The largest absolute Gasteiger partial charge is 0.330 e. The van der Waals surface area contributed by atoms with Crippen LogP contribution in [0, 0.1) is 0 Å². The van der Waals surface area contributed by atoms with Crippen LogP contribution in [0.3, 0.4) is 0 Å². The minimum absolute atomic E-state index is 0.198. The van der Waals surface area contributed by atoms with Gasteiger partial charge in [-0.05, 0) is 24.0 Å². The summed E-state index contributed by atoms with van der Waals surface area (Å²) < 4.78 is 2.19. The average Bonchev–Trinajstić information content (AvgIpc) is 2.86. The molecule has 2 N–H and O–H groups in total. The molecule has 0 saturated heterocycles. The van der Waals surface area contributed by atoms with Gasteiger partial charge in [0, 0.05) is 31.4 Å². The van der Waals surface area contributed by atoms with Crippen molar-refractivity contribution in [3.63, 3.8) is 0 Å². The minimum Gasteiger partial charge on any atom is -0.330 e. The fourth-order valence-corrected chi connectivity index (χ4v) is 2.13. The number of imidazole rings is 1. The van der Waals surface area contributed by atoms with Gasteiger partial charge in [0.2, 0.25) is 0 Å². The van der Waals surface area contributed by atoms with Crippen LogP contribution in [0.5, 0.6) is 0 Å². The zero-order chi connectivity index (χ0) is 13.7. The summed E-state index contributed by atoms with van der Waals surface area (Å²) in [6.07, 6.45) is 6.81. The third kappa shape index (κ3) is 3.67. The van der Waals surface area contributed by atoms with Crippen LogP contribution in [0.1, 0.15) is 37.2 Å². The number of aromatic nitrogens is 2. The molecule has 1 unspecified atom stereocenters. The lowest BCUT2D eigenvalue weighted by molar-refractivity contribution is 0.597. The predicted molar refractivity (Wildman–Crippen MR) is 79.1 cm³/mol. The summed E-state index contributed by atoms with van der Waals surface area (Å²) in [6.45, 7) is 5.16. The smallest absolute Gasteiger partial charge is 0.110 e. The number of aryl methyl sites for hydroxylation is 1. The van der Waals surface area contributed by atoms with Crippen LogP contribution < -0.4 is 5.73 Å². The highest BCUT2D eigenvalue weighted by Crippen LogP contribution is 2.10. The fraction of sp³-hybridized carbons (Fsp3) is 0.438. The van der Waals surface area contributed by atoms with Crippen molar-refractivity contribution in [2.75, 3.05) is 0 Å². The molecule has 0 saturated carbocycles. The molecule has 1 heterocycles. The Morgan fingerprint density at radius 2 is 1.84 bits per heavy atom. The van der Waals surface area contributed by atoms with Crippen molar-refractivity contribution in [2.24, 2.45) is 5.73 Å². The Morgan fingerprint density at radius 1 is 1.16 bits per heavy atom. The van der Waals surface area contributed by atoms with E-state index in [4.69, 9.17) is 5.73 Å². The monoisotopic (exact) mass is 257 g/mol. The maximum atomic E-state index is 6.01. The SMILES string of the molecule is CCc1ccc(Cn2ccnc2CC(N)CC)cc1. The van der Waals surface area contributed by atoms with Gasteiger partial charge in [-0.15, -0.1) is 0 Å². The summed E-state index contributed by atoms with van der Waals surface area (Å²) in [5.74, 6) is 1.08. The molecule has 0 radical (unpaired) electrons. The Morgan fingerprint density at radius 3 is 2.47 bits per heavy atom. The fourth-order valence-electron chi connectivity index (χ4n) is 2.13. The second kappa shape index (κ2) is 6.53. The van der Waals surface area contributed by atoms with Gasteiger partial charge in [0.15, 0.2) is 0 Å². The normalized spacial score (nSPS) is 12.6. The molecule has 19 heavy (non-hydrogen) atoms. The van der Waals surface area contributed by atoms with Crippen LogP contribution in [0.2, 0.25) is 0 Å². The molecule has 102 valence electrons. The van der Waals surface area contributed by atoms with Crippen molar-refractivity contribution < 1.29 is 0 Å². The second-order valence-electron chi connectivity index (χ2n) is 5.01. The number of hydrogen-bond acceptors (Lipinski definition) is 2. The van der Waals surface area contributed by atoms with E-state index in [-0.39, 0.29) is 6.04 Å². The van der Waals surface area contributed by atoms with E-state index >= 15 is 0 Å². The zero-order valence-corrected chi connectivity index (χ0v) is 11.8. The van der Waals surface area contributed by atoms with Gasteiger partial charge in [0.25, 0.3) is 0 Å². The first-order valence-electron chi connectivity index (χ1n) is 7.06. The molecule has 2 rings (SSSR count). The topological polar surface area (TPSA) is 43.8 Å². The predicted octanol–water partition coefficient (Wildman–Crippen LogP) is 2.77. The molecular formula is C16H23N3. The Hall–Kier alpha value is -1.61. The van der Waals surface area contributed by atoms with E-state index in [1.54, 1.807) is 0 Å². The lowest BCUT2D eigenvalue weighted by atomic mass is 10.1. The quantitative estimate of drug-likeness (QED) is 0.864. The molecule has 3 heteroatoms. The van der Waals surface area contributed by atoms with Gasteiger partial charge in [-0.2, -0.15) is 0 Å². The van der Waals surface area contributed by atoms with Crippen LogP contribution in [0.4, 0.5) is 0 Å². The van der Waals surface area contributed by atoms with Crippen LogP contribution in [0.25, 0.3) is 0 Å². The number of nitrogens with two attached hydrogens (primary N) is 1. The molecular weight excluding hydrogens is 234 g/mol. The molecule has 0 fully saturated rings. The number of nitrogens with zero attached hydrogens (tertiary/aromatic N) is 2. The summed E-state index contributed by atoms with van der Waals surface area (Å²) in [4.78, 5) is 4.42. The molecule has 0 aliphatic carbocycles. The Balaban J connectivity index is 2.07. The molecule has 1 aromatic carbocycles. The lowest BCUT2D eigenvalue weighted by Crippen LogP contribution is -2.23. The molecule has 0 aliphatic rings. The van der Waals surface area contributed by atoms with Gasteiger partial charge in [0.05, 0.1) is 0 Å². The third-order valence-electron chi connectivity index (χ3n) is 3.55. The van der Waals surface area contributed by atoms with Crippen molar-refractivity contribution in [1.82, 2.24) is 9.55 Å². The first-order chi connectivity index (χ1) is 9.22. The highest BCUT2D eigenvalue weighted by atomic mass is 15.1. The van der Waals surface area contributed by atoms with Crippen molar-refractivity contribution in [3.8, 4) is 0 Å². The molecule has 0 spiro atoms. The molecule has 3 nitrogen and oxygen atoms in total. The van der Waals surface area contributed by atoms with Crippen molar-refractivity contribution in [1.29, 1.82) is 0 Å². The average molecular weight is 257 g/mol. The van der Waals surface area contributed by atoms with Gasteiger partial charge < -0.3 is 10.3 Å². The number of benzene rings is 1. The molecule has 0 aliphatic heterocycles. The summed E-state index contributed by atoms with van der Waals surface area (Å²) >= 11 is 0. The standard InChI is InChI=1S/C16H23N3/c1-3-13-5-7-14(8-6-13)12-19-10-9-18-16(19)11-15(17)4-2/h5-10,15H,3-4,11-12,17H2,1-2H3. The van der Waals surface area contributed by atoms with Crippen LogP contribution in [-0.4, -0.2) is 15.6 Å². The van der Waals surface area contributed by atoms with E-state index in [1.807, 2.05) is 12.4 Å². The summed E-state index contributed by atoms with van der Waals surface area (Å²) in [5, 5.41) is 0. The van der Waals surface area contributed by atoms with E-state index in [9.17, 15) is 0 Å². The highest BCUT2D eigenvalue weighted by Gasteiger charge is 2.07. The molecule has 0 bridgehead atoms. The molecule has 1 aromatic heterocycles. The summed E-state index contributed by atoms with van der Waals surface area (Å²) in [5.41, 5.74) is 8.70. The molecule has 1 atom stereocenters. The van der Waals surface area contributed by atoms with E-state index < -0.39 is 0 Å². The second-order valence-corrected chi connectivity index (χ2v) is 5.01. The van der Waals surface area contributed by atoms with Crippen molar-refractivity contribution in [2.45, 2.75) is 45.7 Å².